The molecule has 0 fully saturated rings. The Balaban J connectivity index is 0.00000361. The Labute approximate surface area is 128 Å². The lowest BCUT2D eigenvalue weighted by Crippen LogP contribution is -2.32. The predicted molar refractivity (Wildman–Crippen MR) is 87.3 cm³/mol. The summed E-state index contributed by atoms with van der Waals surface area (Å²) in [5.74, 6) is 0.144. The van der Waals surface area contributed by atoms with Gasteiger partial charge >= 0.3 is 0 Å². The summed E-state index contributed by atoms with van der Waals surface area (Å²) in [6, 6.07) is 7.64. The third-order valence-corrected chi connectivity index (χ3v) is 3.29. The van der Waals surface area contributed by atoms with Crippen molar-refractivity contribution in [3.63, 3.8) is 0 Å². The normalized spacial score (nSPS) is 9.95. The molecular formula is C16H27ClN2O. The number of benzene rings is 1. The maximum absolute atomic E-state index is 12.5. The Morgan fingerprint density at radius 3 is 1.95 bits per heavy atom. The van der Waals surface area contributed by atoms with Gasteiger partial charge in [-0.1, -0.05) is 38.8 Å². The van der Waals surface area contributed by atoms with Gasteiger partial charge in [0.1, 0.15) is 0 Å². The Morgan fingerprint density at radius 2 is 1.55 bits per heavy atom. The van der Waals surface area contributed by atoms with E-state index in [1.807, 2.05) is 29.2 Å². The maximum atomic E-state index is 12.5. The van der Waals surface area contributed by atoms with Gasteiger partial charge in [-0.15, -0.1) is 12.4 Å². The van der Waals surface area contributed by atoms with Crippen LogP contribution >= 0.6 is 12.4 Å². The summed E-state index contributed by atoms with van der Waals surface area (Å²) in [7, 11) is 0. The lowest BCUT2D eigenvalue weighted by molar-refractivity contribution is 0.0751. The Kier molecular flexibility index (Phi) is 10.1. The quantitative estimate of drug-likeness (QED) is 0.797. The molecule has 0 heterocycles. The molecule has 1 aromatic carbocycles. The summed E-state index contributed by atoms with van der Waals surface area (Å²) in [6.07, 6.45) is 4.36. The molecule has 1 aromatic rings. The van der Waals surface area contributed by atoms with Crippen LogP contribution in [0.2, 0.25) is 0 Å². The topological polar surface area (TPSA) is 46.3 Å². The van der Waals surface area contributed by atoms with Crippen molar-refractivity contribution in [2.45, 2.75) is 46.1 Å². The summed E-state index contributed by atoms with van der Waals surface area (Å²) in [6.45, 7) is 6.53. The zero-order valence-electron chi connectivity index (χ0n) is 12.6. The number of carbonyl (C=O) groups is 1. The van der Waals surface area contributed by atoms with Crippen molar-refractivity contribution in [1.29, 1.82) is 0 Å². The monoisotopic (exact) mass is 298 g/mol. The second-order valence-electron chi connectivity index (χ2n) is 4.90. The highest BCUT2D eigenvalue weighted by atomic mass is 35.5. The van der Waals surface area contributed by atoms with Gasteiger partial charge in [-0.2, -0.15) is 0 Å². The molecule has 3 nitrogen and oxygen atoms in total. The molecule has 0 bridgehead atoms. The van der Waals surface area contributed by atoms with Crippen molar-refractivity contribution in [3.8, 4) is 0 Å². The Hall–Kier alpha value is -1.06. The van der Waals surface area contributed by atoms with Crippen LogP contribution in [0.5, 0.6) is 0 Å². The van der Waals surface area contributed by atoms with Crippen molar-refractivity contribution >= 4 is 18.3 Å². The molecule has 2 N–H and O–H groups in total. The average Bonchev–Trinajstić information content (AvgIpc) is 2.47. The number of amides is 1. The van der Waals surface area contributed by atoms with Crippen LogP contribution in [-0.2, 0) is 6.54 Å². The molecule has 0 saturated heterocycles. The van der Waals surface area contributed by atoms with E-state index in [1.54, 1.807) is 0 Å². The number of carbonyl (C=O) groups excluding carboxylic acids is 1. The van der Waals surface area contributed by atoms with Crippen molar-refractivity contribution in [3.05, 3.63) is 35.4 Å². The van der Waals surface area contributed by atoms with Crippen molar-refractivity contribution in [2.24, 2.45) is 5.73 Å². The van der Waals surface area contributed by atoms with Crippen LogP contribution in [0.15, 0.2) is 24.3 Å². The number of halogens is 1. The van der Waals surface area contributed by atoms with Gasteiger partial charge in [0.2, 0.25) is 0 Å². The summed E-state index contributed by atoms with van der Waals surface area (Å²) in [5.41, 5.74) is 7.40. The molecule has 0 saturated carbocycles. The second kappa shape index (κ2) is 10.7. The Bertz CT molecular complexity index is 371. The van der Waals surface area contributed by atoms with Gasteiger partial charge in [-0.25, -0.2) is 0 Å². The molecule has 0 aliphatic heterocycles. The van der Waals surface area contributed by atoms with Gasteiger partial charge in [0, 0.05) is 25.2 Å². The molecule has 0 spiro atoms. The molecule has 114 valence electrons. The lowest BCUT2D eigenvalue weighted by atomic mass is 10.1. The van der Waals surface area contributed by atoms with E-state index in [1.165, 1.54) is 0 Å². The van der Waals surface area contributed by atoms with E-state index in [-0.39, 0.29) is 18.3 Å². The number of nitrogens with zero attached hydrogens (tertiary/aromatic N) is 1. The highest BCUT2D eigenvalue weighted by Gasteiger charge is 2.14. The minimum Gasteiger partial charge on any atom is -0.339 e. The smallest absolute Gasteiger partial charge is 0.253 e. The van der Waals surface area contributed by atoms with Gasteiger partial charge in [-0.05, 0) is 30.5 Å². The largest absolute Gasteiger partial charge is 0.339 e. The number of hydrogen-bond donors (Lipinski definition) is 1. The van der Waals surface area contributed by atoms with Crippen molar-refractivity contribution < 1.29 is 4.79 Å². The van der Waals surface area contributed by atoms with Crippen LogP contribution in [0.4, 0.5) is 0 Å². The fourth-order valence-electron chi connectivity index (χ4n) is 1.98. The van der Waals surface area contributed by atoms with E-state index in [0.717, 1.165) is 49.9 Å². The maximum Gasteiger partial charge on any atom is 0.253 e. The average molecular weight is 299 g/mol. The second-order valence-corrected chi connectivity index (χ2v) is 4.90. The van der Waals surface area contributed by atoms with Gasteiger partial charge in [0.05, 0.1) is 0 Å². The summed E-state index contributed by atoms with van der Waals surface area (Å²) < 4.78 is 0. The first-order chi connectivity index (χ1) is 9.22. The molecule has 0 radical (unpaired) electrons. The van der Waals surface area contributed by atoms with Crippen LogP contribution in [0.25, 0.3) is 0 Å². The van der Waals surface area contributed by atoms with Crippen molar-refractivity contribution in [2.75, 3.05) is 13.1 Å². The fourth-order valence-corrected chi connectivity index (χ4v) is 1.98. The van der Waals surface area contributed by atoms with Crippen LogP contribution < -0.4 is 5.73 Å². The molecule has 0 aromatic heterocycles. The summed E-state index contributed by atoms with van der Waals surface area (Å²) in [5, 5.41) is 0. The van der Waals surface area contributed by atoms with Gasteiger partial charge in [0.25, 0.3) is 5.91 Å². The number of rotatable bonds is 8. The number of unbranched alkanes of at least 4 members (excludes halogenated alkanes) is 2. The minimum atomic E-state index is 0. The first-order valence-corrected chi connectivity index (χ1v) is 7.31. The van der Waals surface area contributed by atoms with Crippen LogP contribution in [0, 0.1) is 0 Å². The van der Waals surface area contributed by atoms with Gasteiger partial charge in [-0.3, -0.25) is 4.79 Å². The predicted octanol–water partition coefficient (Wildman–Crippen LogP) is 3.61. The van der Waals surface area contributed by atoms with E-state index >= 15 is 0 Å². The van der Waals surface area contributed by atoms with Gasteiger partial charge in [0.15, 0.2) is 0 Å². The van der Waals surface area contributed by atoms with E-state index < -0.39 is 0 Å². The SMILES string of the molecule is CCCCN(CCCC)C(=O)c1ccc(CN)cc1.Cl. The van der Waals surface area contributed by atoms with E-state index in [0.29, 0.717) is 6.54 Å². The molecule has 20 heavy (non-hydrogen) atoms. The van der Waals surface area contributed by atoms with Crippen LogP contribution in [0.1, 0.15) is 55.5 Å². The highest BCUT2D eigenvalue weighted by molar-refractivity contribution is 5.94. The third kappa shape index (κ3) is 5.93. The lowest BCUT2D eigenvalue weighted by Gasteiger charge is -2.22. The van der Waals surface area contributed by atoms with Crippen LogP contribution in [-0.4, -0.2) is 23.9 Å². The van der Waals surface area contributed by atoms with Crippen LogP contribution in [0.3, 0.4) is 0 Å². The molecule has 0 aliphatic rings. The fraction of sp³-hybridized carbons (Fsp3) is 0.562. The summed E-state index contributed by atoms with van der Waals surface area (Å²) >= 11 is 0. The zero-order chi connectivity index (χ0) is 14.1. The van der Waals surface area contributed by atoms with E-state index in [2.05, 4.69) is 13.8 Å². The number of hydrogen-bond acceptors (Lipinski definition) is 2. The molecule has 4 heteroatoms. The molecule has 0 unspecified atom stereocenters. The van der Waals surface area contributed by atoms with Crippen molar-refractivity contribution in [1.82, 2.24) is 4.90 Å². The third-order valence-electron chi connectivity index (χ3n) is 3.29. The molecule has 0 aliphatic carbocycles. The molecular weight excluding hydrogens is 272 g/mol. The first kappa shape index (κ1) is 18.9. The molecule has 1 rings (SSSR count). The molecule has 1 amide bonds. The highest BCUT2D eigenvalue weighted by Crippen LogP contribution is 2.09. The first-order valence-electron chi connectivity index (χ1n) is 7.31. The van der Waals surface area contributed by atoms with E-state index in [4.69, 9.17) is 5.73 Å². The zero-order valence-corrected chi connectivity index (χ0v) is 13.4. The standard InChI is InChI=1S/C16H26N2O.ClH/c1-3-5-11-18(12-6-4-2)16(19)15-9-7-14(13-17)8-10-15;/h7-10H,3-6,11-13,17H2,1-2H3;1H. The Morgan fingerprint density at radius 1 is 1.05 bits per heavy atom. The minimum absolute atomic E-state index is 0. The molecule has 0 atom stereocenters. The summed E-state index contributed by atoms with van der Waals surface area (Å²) in [4.78, 5) is 14.4. The van der Waals surface area contributed by atoms with Gasteiger partial charge < -0.3 is 10.6 Å². The van der Waals surface area contributed by atoms with E-state index in [9.17, 15) is 4.79 Å². The number of nitrogens with two attached hydrogens (primary N) is 1.